The van der Waals surface area contributed by atoms with Crippen molar-refractivity contribution in [3.8, 4) is 11.6 Å². The normalized spacial score (nSPS) is 18.3. The molecule has 3 unspecified atom stereocenters. The van der Waals surface area contributed by atoms with E-state index >= 15 is 0 Å². The van der Waals surface area contributed by atoms with Gasteiger partial charge in [0, 0.05) is 5.69 Å². The second-order valence-electron chi connectivity index (χ2n) is 8.01. The van der Waals surface area contributed by atoms with Crippen molar-refractivity contribution in [3.63, 3.8) is 0 Å². The van der Waals surface area contributed by atoms with Gasteiger partial charge in [-0.25, -0.2) is 4.98 Å². The fraction of sp³-hybridized carbons (Fsp3) is 0.478. The van der Waals surface area contributed by atoms with E-state index in [0.29, 0.717) is 12.5 Å². The first-order valence-electron chi connectivity index (χ1n) is 10.3. The summed E-state index contributed by atoms with van der Waals surface area (Å²) < 4.78 is 25.0. The fourth-order valence-electron chi connectivity index (χ4n) is 3.50. The third-order valence-electron chi connectivity index (χ3n) is 5.86. The summed E-state index contributed by atoms with van der Waals surface area (Å²) in [5.41, 5.74) is 3.20. The van der Waals surface area contributed by atoms with Crippen LogP contribution in [0.1, 0.15) is 40.0 Å². The second kappa shape index (κ2) is 9.89. The number of aliphatic hydroxyl groups excluding tert-OH is 1. The molecule has 0 spiro atoms. The molecule has 1 heterocycles. The van der Waals surface area contributed by atoms with Gasteiger partial charge in [-0.3, -0.25) is 0 Å². The minimum absolute atomic E-state index is 0.0632. The molecule has 7 heteroatoms. The summed E-state index contributed by atoms with van der Waals surface area (Å²) in [5, 5.41) is 12.9. The molecule has 1 aromatic carbocycles. The maximum absolute atomic E-state index is 14.2. The monoisotopic (exact) mass is 415 g/mol. The number of aliphatic hydroxyl groups is 1. The van der Waals surface area contributed by atoms with E-state index in [0.717, 1.165) is 42.5 Å². The molecule has 0 amide bonds. The quantitative estimate of drug-likeness (QED) is 0.569. The highest BCUT2D eigenvalue weighted by molar-refractivity contribution is 5.54. The van der Waals surface area contributed by atoms with Crippen molar-refractivity contribution in [1.82, 2.24) is 9.97 Å². The summed E-state index contributed by atoms with van der Waals surface area (Å²) in [6.45, 7) is 6.61. The summed E-state index contributed by atoms with van der Waals surface area (Å²) in [7, 11) is 1.60. The number of halogens is 1. The van der Waals surface area contributed by atoms with Crippen molar-refractivity contribution in [2.45, 2.75) is 46.1 Å². The molecule has 1 aliphatic carbocycles. The number of nitrogens with zero attached hydrogens (tertiary/aromatic N) is 2. The maximum Gasteiger partial charge on any atom is 0.255 e. The molecule has 0 saturated carbocycles. The zero-order valence-electron chi connectivity index (χ0n) is 18.0. The van der Waals surface area contributed by atoms with Gasteiger partial charge < -0.3 is 19.9 Å². The van der Waals surface area contributed by atoms with Gasteiger partial charge in [-0.05, 0) is 67.9 Å². The molecule has 0 aliphatic heterocycles. The minimum Gasteiger partial charge on any atom is -0.497 e. The molecule has 0 fully saturated rings. The molecule has 0 radical (unpaired) electrons. The van der Waals surface area contributed by atoms with Gasteiger partial charge in [0.15, 0.2) is 0 Å². The third-order valence-corrected chi connectivity index (χ3v) is 5.86. The number of ether oxygens (including phenoxy) is 2. The van der Waals surface area contributed by atoms with Crippen LogP contribution in [0.25, 0.3) is 0 Å². The SMILES string of the molecule is COc1ccc(Nc2ncc(F)c(OCC(C)C(C)CC3=C(C)C(O)CC3)n2)cc1. The Labute approximate surface area is 177 Å². The Bertz CT molecular complexity index is 886. The Kier molecular flexibility index (Phi) is 7.26. The van der Waals surface area contributed by atoms with Crippen LogP contribution in [0.2, 0.25) is 0 Å². The summed E-state index contributed by atoms with van der Waals surface area (Å²) in [5.74, 6) is 0.903. The number of methoxy groups -OCH3 is 1. The zero-order valence-corrected chi connectivity index (χ0v) is 18.0. The molecule has 0 bridgehead atoms. The smallest absolute Gasteiger partial charge is 0.255 e. The van der Waals surface area contributed by atoms with Crippen molar-refractivity contribution < 1.29 is 19.0 Å². The first-order valence-corrected chi connectivity index (χ1v) is 10.3. The molecule has 3 atom stereocenters. The minimum atomic E-state index is -0.590. The molecular weight excluding hydrogens is 385 g/mol. The Morgan fingerprint density at radius 2 is 1.97 bits per heavy atom. The summed E-state index contributed by atoms with van der Waals surface area (Å²) in [4.78, 5) is 8.16. The van der Waals surface area contributed by atoms with Crippen molar-refractivity contribution in [1.29, 1.82) is 0 Å². The van der Waals surface area contributed by atoms with Gasteiger partial charge in [0.1, 0.15) is 5.75 Å². The first-order chi connectivity index (χ1) is 14.4. The van der Waals surface area contributed by atoms with Crippen LogP contribution >= 0.6 is 0 Å². The van der Waals surface area contributed by atoms with Gasteiger partial charge >= 0.3 is 0 Å². The fourth-order valence-corrected chi connectivity index (χ4v) is 3.50. The van der Waals surface area contributed by atoms with Crippen LogP contribution in [0.4, 0.5) is 16.0 Å². The average molecular weight is 416 g/mol. The van der Waals surface area contributed by atoms with E-state index < -0.39 is 5.82 Å². The maximum atomic E-state index is 14.2. The van der Waals surface area contributed by atoms with Crippen LogP contribution in [0, 0.1) is 17.7 Å². The number of benzene rings is 1. The van der Waals surface area contributed by atoms with Gasteiger partial charge in [-0.2, -0.15) is 9.37 Å². The molecular formula is C23H30FN3O3. The predicted octanol–water partition coefficient (Wildman–Crippen LogP) is 4.88. The van der Waals surface area contributed by atoms with Crippen LogP contribution in [0.5, 0.6) is 11.6 Å². The van der Waals surface area contributed by atoms with Crippen molar-refractivity contribution in [2.75, 3.05) is 19.0 Å². The van der Waals surface area contributed by atoms with Gasteiger partial charge in [0.25, 0.3) is 5.88 Å². The van der Waals surface area contributed by atoms with E-state index in [-0.39, 0.29) is 23.9 Å². The average Bonchev–Trinajstić information content (AvgIpc) is 3.06. The molecule has 162 valence electrons. The van der Waals surface area contributed by atoms with E-state index in [1.165, 1.54) is 5.57 Å². The molecule has 3 rings (SSSR count). The number of aromatic nitrogens is 2. The lowest BCUT2D eigenvalue weighted by Gasteiger charge is -2.21. The van der Waals surface area contributed by atoms with Crippen LogP contribution in [0.15, 0.2) is 41.6 Å². The van der Waals surface area contributed by atoms with E-state index in [4.69, 9.17) is 9.47 Å². The highest BCUT2D eigenvalue weighted by Gasteiger charge is 2.23. The van der Waals surface area contributed by atoms with Gasteiger partial charge in [-0.1, -0.05) is 19.4 Å². The topological polar surface area (TPSA) is 76.5 Å². The molecule has 2 aromatic rings. The second-order valence-corrected chi connectivity index (χ2v) is 8.01. The number of nitrogens with one attached hydrogen (secondary N) is 1. The van der Waals surface area contributed by atoms with Crippen LogP contribution in [-0.4, -0.2) is 34.9 Å². The lowest BCUT2D eigenvalue weighted by molar-refractivity contribution is 0.200. The van der Waals surface area contributed by atoms with E-state index in [1.54, 1.807) is 7.11 Å². The summed E-state index contributed by atoms with van der Waals surface area (Å²) in [6.07, 6.45) is 3.49. The molecule has 1 aromatic heterocycles. The molecule has 30 heavy (non-hydrogen) atoms. The van der Waals surface area contributed by atoms with Crippen molar-refractivity contribution in [2.24, 2.45) is 11.8 Å². The lowest BCUT2D eigenvalue weighted by atomic mass is 9.89. The molecule has 1 aliphatic rings. The number of anilines is 2. The van der Waals surface area contributed by atoms with Crippen LogP contribution in [-0.2, 0) is 0 Å². The number of rotatable bonds is 9. The highest BCUT2D eigenvalue weighted by Crippen LogP contribution is 2.33. The van der Waals surface area contributed by atoms with Gasteiger partial charge in [0.2, 0.25) is 11.8 Å². The first kappa shape index (κ1) is 22.0. The molecule has 2 N–H and O–H groups in total. The molecule has 0 saturated heterocycles. The van der Waals surface area contributed by atoms with Crippen LogP contribution in [0.3, 0.4) is 0 Å². The highest BCUT2D eigenvalue weighted by atomic mass is 19.1. The lowest BCUT2D eigenvalue weighted by Crippen LogP contribution is -2.18. The van der Waals surface area contributed by atoms with E-state index in [2.05, 4.69) is 29.1 Å². The number of hydrogen-bond acceptors (Lipinski definition) is 6. The van der Waals surface area contributed by atoms with Crippen LogP contribution < -0.4 is 14.8 Å². The number of hydrogen-bond donors (Lipinski definition) is 2. The Morgan fingerprint density at radius 1 is 1.23 bits per heavy atom. The van der Waals surface area contributed by atoms with E-state index in [1.807, 2.05) is 31.2 Å². The summed E-state index contributed by atoms with van der Waals surface area (Å²) in [6, 6.07) is 7.28. The predicted molar refractivity (Wildman–Crippen MR) is 115 cm³/mol. The van der Waals surface area contributed by atoms with Crippen molar-refractivity contribution >= 4 is 11.6 Å². The Balaban J connectivity index is 1.58. The van der Waals surface area contributed by atoms with Crippen molar-refractivity contribution in [3.05, 3.63) is 47.4 Å². The Hall–Kier alpha value is -2.67. The molecule has 6 nitrogen and oxygen atoms in total. The summed E-state index contributed by atoms with van der Waals surface area (Å²) >= 11 is 0. The zero-order chi connectivity index (χ0) is 21.7. The van der Waals surface area contributed by atoms with Gasteiger partial charge in [0.05, 0.1) is 26.0 Å². The standard InChI is InChI=1S/C23H30FN3O3/c1-14(11-17-5-10-21(28)16(17)3)15(2)13-30-22-20(24)12-25-23(27-22)26-18-6-8-19(29-4)9-7-18/h6-9,12,14-15,21,28H,5,10-11,13H2,1-4H3,(H,25,26,27). The van der Waals surface area contributed by atoms with Gasteiger partial charge in [-0.15, -0.1) is 0 Å². The third kappa shape index (κ3) is 5.48. The Morgan fingerprint density at radius 3 is 2.60 bits per heavy atom. The largest absolute Gasteiger partial charge is 0.497 e. The number of allylic oxidation sites excluding steroid dienone is 1. The van der Waals surface area contributed by atoms with E-state index in [9.17, 15) is 9.50 Å².